The molecule has 4 rings (SSSR count). The third-order valence-electron chi connectivity index (χ3n) is 4.71. The lowest BCUT2D eigenvalue weighted by Crippen LogP contribution is -2.40. The second kappa shape index (κ2) is 7.33. The number of piperidine rings is 1. The van der Waals surface area contributed by atoms with Crippen LogP contribution in [0.25, 0.3) is 10.2 Å². The summed E-state index contributed by atoms with van der Waals surface area (Å²) in [6.07, 6.45) is 1.67. The maximum Gasteiger partial charge on any atom is 0.229 e. The monoisotopic (exact) mass is 380 g/mol. The Balaban J connectivity index is 1.49. The normalized spacial score (nSPS) is 16.9. The van der Waals surface area contributed by atoms with Gasteiger partial charge in [-0.05, 0) is 43.2 Å². The van der Waals surface area contributed by atoms with E-state index in [1.165, 1.54) is 12.1 Å². The quantitative estimate of drug-likeness (QED) is 0.741. The number of thiazole rings is 1. The molecule has 5 nitrogen and oxygen atoms in total. The van der Waals surface area contributed by atoms with E-state index < -0.39 is 5.82 Å². The average molecular weight is 380 g/mol. The predicted octanol–water partition coefficient (Wildman–Crippen LogP) is 4.16. The van der Waals surface area contributed by atoms with Crippen LogP contribution >= 0.6 is 11.3 Å². The van der Waals surface area contributed by atoms with Crippen molar-refractivity contribution in [2.24, 2.45) is 5.92 Å². The number of rotatable bonds is 3. The van der Waals surface area contributed by atoms with E-state index in [4.69, 9.17) is 5.26 Å². The Kier molecular flexibility index (Phi) is 4.73. The molecule has 2 heterocycles. The van der Waals surface area contributed by atoms with E-state index in [1.807, 2.05) is 30.3 Å². The molecule has 0 saturated carbocycles. The fourth-order valence-corrected chi connectivity index (χ4v) is 4.31. The van der Waals surface area contributed by atoms with Gasteiger partial charge >= 0.3 is 0 Å². The van der Waals surface area contributed by atoms with E-state index in [9.17, 15) is 9.18 Å². The third kappa shape index (κ3) is 3.62. The summed E-state index contributed by atoms with van der Waals surface area (Å²) in [6.45, 7) is 1.44. The van der Waals surface area contributed by atoms with Crippen molar-refractivity contribution < 1.29 is 9.18 Å². The van der Waals surface area contributed by atoms with Crippen molar-refractivity contribution in [2.75, 3.05) is 23.3 Å². The molecule has 1 aromatic heterocycles. The predicted molar refractivity (Wildman–Crippen MR) is 104 cm³/mol. The van der Waals surface area contributed by atoms with Gasteiger partial charge in [0.2, 0.25) is 5.91 Å². The number of nitrogens with one attached hydrogen (secondary N) is 1. The van der Waals surface area contributed by atoms with Gasteiger partial charge in [-0.3, -0.25) is 4.79 Å². The van der Waals surface area contributed by atoms with Gasteiger partial charge < -0.3 is 10.2 Å². The highest BCUT2D eigenvalue weighted by atomic mass is 32.1. The molecule has 1 aliphatic rings. The molecule has 1 amide bonds. The summed E-state index contributed by atoms with van der Waals surface area (Å²) in [7, 11) is 0. The lowest BCUT2D eigenvalue weighted by atomic mass is 9.97. The van der Waals surface area contributed by atoms with Crippen molar-refractivity contribution in [2.45, 2.75) is 12.8 Å². The van der Waals surface area contributed by atoms with Crippen LogP contribution in [0.15, 0.2) is 42.5 Å². The van der Waals surface area contributed by atoms with Gasteiger partial charge in [-0.15, -0.1) is 0 Å². The summed E-state index contributed by atoms with van der Waals surface area (Å²) in [4.78, 5) is 19.5. The number of halogens is 1. The number of anilines is 2. The van der Waals surface area contributed by atoms with Gasteiger partial charge in [-0.25, -0.2) is 9.37 Å². The van der Waals surface area contributed by atoms with Crippen LogP contribution in [-0.2, 0) is 4.79 Å². The second-order valence-electron chi connectivity index (χ2n) is 6.54. The molecular weight excluding hydrogens is 363 g/mol. The van der Waals surface area contributed by atoms with Crippen LogP contribution in [0, 0.1) is 23.1 Å². The summed E-state index contributed by atoms with van der Waals surface area (Å²) in [5, 5.41) is 12.9. The molecule has 0 aliphatic carbocycles. The number of benzene rings is 2. The molecule has 2 aromatic carbocycles. The van der Waals surface area contributed by atoms with Crippen LogP contribution in [0.2, 0.25) is 0 Å². The van der Waals surface area contributed by atoms with Crippen LogP contribution in [-0.4, -0.2) is 24.0 Å². The Morgan fingerprint density at radius 3 is 3.00 bits per heavy atom. The first-order chi connectivity index (χ1) is 13.1. The minimum absolute atomic E-state index is 0.127. The smallest absolute Gasteiger partial charge is 0.229 e. The zero-order valence-electron chi connectivity index (χ0n) is 14.5. The molecule has 27 heavy (non-hydrogen) atoms. The number of fused-ring (bicyclic) bond motifs is 1. The maximum atomic E-state index is 13.3. The highest BCUT2D eigenvalue weighted by Gasteiger charge is 2.28. The van der Waals surface area contributed by atoms with Crippen LogP contribution in [0.3, 0.4) is 0 Å². The first-order valence-electron chi connectivity index (χ1n) is 8.75. The molecule has 1 saturated heterocycles. The molecule has 3 aromatic rings. The van der Waals surface area contributed by atoms with Crippen LogP contribution < -0.4 is 10.2 Å². The van der Waals surface area contributed by atoms with E-state index in [-0.39, 0.29) is 17.4 Å². The minimum Gasteiger partial charge on any atom is -0.347 e. The van der Waals surface area contributed by atoms with Crippen molar-refractivity contribution in [3.05, 3.63) is 53.8 Å². The van der Waals surface area contributed by atoms with Gasteiger partial charge in [0.1, 0.15) is 11.9 Å². The Labute approximate surface area is 160 Å². The number of hydrogen-bond acceptors (Lipinski definition) is 5. The molecule has 0 spiro atoms. The molecule has 1 aliphatic heterocycles. The lowest BCUT2D eigenvalue weighted by Gasteiger charge is -2.31. The molecular formula is C20H17FN4OS. The van der Waals surface area contributed by atoms with E-state index in [1.54, 1.807) is 11.3 Å². The van der Waals surface area contributed by atoms with E-state index in [0.29, 0.717) is 12.2 Å². The number of amides is 1. The first-order valence-corrected chi connectivity index (χ1v) is 9.57. The highest BCUT2D eigenvalue weighted by Crippen LogP contribution is 2.31. The van der Waals surface area contributed by atoms with Crippen molar-refractivity contribution in [3.63, 3.8) is 0 Å². The van der Waals surface area contributed by atoms with Gasteiger partial charge in [0.05, 0.1) is 27.4 Å². The SMILES string of the molecule is N#Cc1cc(F)ccc1NC(=O)[C@@H]1CCCN(c2nc3ccccc3s2)C1. The molecule has 7 heteroatoms. The van der Waals surface area contributed by atoms with Crippen molar-refractivity contribution >= 4 is 38.3 Å². The van der Waals surface area contributed by atoms with Crippen molar-refractivity contribution in [3.8, 4) is 6.07 Å². The van der Waals surface area contributed by atoms with Crippen molar-refractivity contribution in [1.82, 2.24) is 4.98 Å². The number of nitriles is 1. The van der Waals surface area contributed by atoms with Crippen LogP contribution in [0.1, 0.15) is 18.4 Å². The molecule has 1 N–H and O–H groups in total. The molecule has 0 unspecified atom stereocenters. The van der Waals surface area contributed by atoms with Crippen LogP contribution in [0.4, 0.5) is 15.2 Å². The third-order valence-corrected chi connectivity index (χ3v) is 5.80. The molecule has 0 radical (unpaired) electrons. The number of aromatic nitrogens is 1. The van der Waals surface area contributed by atoms with Gasteiger partial charge in [0.15, 0.2) is 5.13 Å². The Hall–Kier alpha value is -2.98. The number of para-hydroxylation sites is 1. The van der Waals surface area contributed by atoms with Gasteiger partial charge in [-0.1, -0.05) is 23.5 Å². The highest BCUT2D eigenvalue weighted by molar-refractivity contribution is 7.22. The number of nitrogens with zero attached hydrogens (tertiary/aromatic N) is 3. The van der Waals surface area contributed by atoms with Gasteiger partial charge in [-0.2, -0.15) is 5.26 Å². The number of carbonyl (C=O) groups excluding carboxylic acids is 1. The zero-order chi connectivity index (χ0) is 18.8. The van der Waals surface area contributed by atoms with Gasteiger partial charge in [0, 0.05) is 13.1 Å². The largest absolute Gasteiger partial charge is 0.347 e. The Morgan fingerprint density at radius 1 is 1.33 bits per heavy atom. The molecule has 1 fully saturated rings. The lowest BCUT2D eigenvalue weighted by molar-refractivity contribution is -0.120. The summed E-state index contributed by atoms with van der Waals surface area (Å²) >= 11 is 1.63. The minimum atomic E-state index is -0.496. The summed E-state index contributed by atoms with van der Waals surface area (Å²) in [5.41, 5.74) is 1.44. The topological polar surface area (TPSA) is 69.0 Å². The van der Waals surface area contributed by atoms with E-state index in [2.05, 4.69) is 15.2 Å². The fourth-order valence-electron chi connectivity index (χ4n) is 3.31. The zero-order valence-corrected chi connectivity index (χ0v) is 15.3. The maximum absolute atomic E-state index is 13.3. The molecule has 136 valence electrons. The standard InChI is InChI=1S/C20H17FN4OS/c21-15-7-8-16(14(10-15)11-22)23-19(26)13-4-3-9-25(12-13)20-24-17-5-1-2-6-18(17)27-20/h1-2,5-8,10,13H,3-4,9,12H2,(H,23,26)/t13-/m1/s1. The second-order valence-corrected chi connectivity index (χ2v) is 7.55. The first kappa shape index (κ1) is 17.4. The van der Waals surface area contributed by atoms with Crippen LogP contribution in [0.5, 0.6) is 0 Å². The average Bonchev–Trinajstić information content (AvgIpc) is 3.13. The van der Waals surface area contributed by atoms with E-state index >= 15 is 0 Å². The fraction of sp³-hybridized carbons (Fsp3) is 0.250. The summed E-state index contributed by atoms with van der Waals surface area (Å²) < 4.78 is 14.4. The number of hydrogen-bond donors (Lipinski definition) is 1. The number of carbonyl (C=O) groups is 1. The molecule has 1 atom stereocenters. The summed E-state index contributed by atoms with van der Waals surface area (Å²) in [5.74, 6) is -0.851. The summed E-state index contributed by atoms with van der Waals surface area (Å²) in [6, 6.07) is 13.7. The van der Waals surface area contributed by atoms with Crippen molar-refractivity contribution in [1.29, 1.82) is 5.26 Å². The van der Waals surface area contributed by atoms with E-state index in [0.717, 1.165) is 40.8 Å². The van der Waals surface area contributed by atoms with Gasteiger partial charge in [0.25, 0.3) is 0 Å². The Morgan fingerprint density at radius 2 is 2.19 bits per heavy atom. The molecule has 0 bridgehead atoms. The Bertz CT molecular complexity index is 1010.